The Bertz CT molecular complexity index is 228. The first kappa shape index (κ1) is 16.8. The molecule has 0 fully saturated rings. The maximum atomic E-state index is 11.1. The third-order valence-corrected chi connectivity index (χ3v) is 2.09. The van der Waals surface area contributed by atoms with Gasteiger partial charge >= 0.3 is 11.9 Å². The van der Waals surface area contributed by atoms with Crippen molar-refractivity contribution < 1.29 is 34.4 Å². The zero-order valence-corrected chi connectivity index (χ0v) is 10.4. The van der Waals surface area contributed by atoms with Crippen LogP contribution in [0.5, 0.6) is 0 Å². The molecule has 0 saturated carbocycles. The smallest absolute Gasteiger partial charge is 0.306 e. The quantitative estimate of drug-likeness (QED) is 0.457. The Morgan fingerprint density at radius 2 is 1.44 bits per heavy atom. The molecule has 3 N–H and O–H groups in total. The van der Waals surface area contributed by atoms with E-state index in [-0.39, 0.29) is 26.1 Å². The van der Waals surface area contributed by atoms with E-state index in [0.717, 1.165) is 0 Å². The van der Waals surface area contributed by atoms with E-state index >= 15 is 0 Å². The van der Waals surface area contributed by atoms with Gasteiger partial charge < -0.3 is 24.8 Å². The third-order valence-electron chi connectivity index (χ3n) is 2.09. The Morgan fingerprint density at radius 3 is 1.83 bits per heavy atom. The largest absolute Gasteiger partial charge is 0.463 e. The second-order valence-electron chi connectivity index (χ2n) is 3.76. The van der Waals surface area contributed by atoms with Gasteiger partial charge in [0.15, 0.2) is 0 Å². The molecule has 2 unspecified atom stereocenters. The van der Waals surface area contributed by atoms with E-state index in [0.29, 0.717) is 6.42 Å². The average Bonchev–Trinajstić information content (AvgIpc) is 2.39. The molecule has 0 radical (unpaired) electrons. The van der Waals surface area contributed by atoms with Gasteiger partial charge in [0.2, 0.25) is 0 Å². The Hall–Kier alpha value is -1.18. The standard InChI is InChI=1S/C11H20O7/c1-2-8(13)6-17-10(15)3-4-11(16)18-7-9(14)5-12/h8-9,12-14H,2-7H2,1H3. The molecule has 7 nitrogen and oxygen atoms in total. The van der Waals surface area contributed by atoms with Crippen molar-refractivity contribution in [1.82, 2.24) is 0 Å². The van der Waals surface area contributed by atoms with E-state index in [1.807, 2.05) is 0 Å². The van der Waals surface area contributed by atoms with E-state index in [2.05, 4.69) is 4.74 Å². The minimum atomic E-state index is -1.11. The lowest BCUT2D eigenvalue weighted by Gasteiger charge is -2.09. The zero-order valence-electron chi connectivity index (χ0n) is 10.4. The van der Waals surface area contributed by atoms with Gasteiger partial charge in [0.25, 0.3) is 0 Å². The van der Waals surface area contributed by atoms with Crippen LogP contribution in [0.25, 0.3) is 0 Å². The molecule has 0 amide bonds. The van der Waals surface area contributed by atoms with Crippen molar-refractivity contribution in [2.75, 3.05) is 19.8 Å². The fraction of sp³-hybridized carbons (Fsp3) is 0.818. The molecule has 0 aliphatic rings. The third kappa shape index (κ3) is 8.91. The second-order valence-corrected chi connectivity index (χ2v) is 3.76. The first-order valence-electron chi connectivity index (χ1n) is 5.77. The van der Waals surface area contributed by atoms with Crippen LogP contribution in [-0.4, -0.2) is 59.3 Å². The molecule has 0 aromatic heterocycles. The van der Waals surface area contributed by atoms with Crippen molar-refractivity contribution in [3.63, 3.8) is 0 Å². The fourth-order valence-electron chi connectivity index (χ4n) is 0.897. The number of ether oxygens (including phenoxy) is 2. The van der Waals surface area contributed by atoms with Crippen molar-refractivity contribution in [1.29, 1.82) is 0 Å². The molecule has 0 bridgehead atoms. The van der Waals surface area contributed by atoms with Crippen LogP contribution in [0.3, 0.4) is 0 Å². The van der Waals surface area contributed by atoms with Crippen LogP contribution < -0.4 is 0 Å². The normalized spacial score (nSPS) is 13.8. The summed E-state index contributed by atoms with van der Waals surface area (Å²) in [5.74, 6) is -1.25. The highest BCUT2D eigenvalue weighted by Crippen LogP contribution is 1.99. The molecule has 106 valence electrons. The average molecular weight is 264 g/mol. The lowest BCUT2D eigenvalue weighted by Crippen LogP contribution is -2.22. The van der Waals surface area contributed by atoms with Crippen LogP contribution in [0, 0.1) is 0 Å². The van der Waals surface area contributed by atoms with Crippen molar-refractivity contribution in [3.05, 3.63) is 0 Å². The summed E-state index contributed by atoms with van der Waals surface area (Å²) in [7, 11) is 0. The van der Waals surface area contributed by atoms with Crippen LogP contribution >= 0.6 is 0 Å². The number of carbonyl (C=O) groups excluding carboxylic acids is 2. The van der Waals surface area contributed by atoms with Gasteiger partial charge in [-0.25, -0.2) is 0 Å². The summed E-state index contributed by atoms with van der Waals surface area (Å²) in [6.45, 7) is 0.860. The molecule has 0 aromatic carbocycles. The van der Waals surface area contributed by atoms with Crippen LogP contribution in [-0.2, 0) is 19.1 Å². The summed E-state index contributed by atoms with van der Waals surface area (Å²) in [5.41, 5.74) is 0. The van der Waals surface area contributed by atoms with Gasteiger partial charge in [0.05, 0.1) is 25.6 Å². The molecule has 0 heterocycles. The predicted molar refractivity (Wildman–Crippen MR) is 60.5 cm³/mol. The number of esters is 2. The predicted octanol–water partition coefficient (Wildman–Crippen LogP) is -1.02. The van der Waals surface area contributed by atoms with Gasteiger partial charge in [-0.15, -0.1) is 0 Å². The molecule has 2 atom stereocenters. The van der Waals surface area contributed by atoms with Crippen molar-refractivity contribution in [3.8, 4) is 0 Å². The fourth-order valence-corrected chi connectivity index (χ4v) is 0.897. The Morgan fingerprint density at radius 1 is 1.00 bits per heavy atom. The summed E-state index contributed by atoms with van der Waals surface area (Å²) in [6.07, 6.45) is -1.64. The molecule has 0 rings (SSSR count). The topological polar surface area (TPSA) is 113 Å². The maximum absolute atomic E-state index is 11.1. The van der Waals surface area contributed by atoms with Crippen LogP contribution in [0.2, 0.25) is 0 Å². The SMILES string of the molecule is CCC(O)COC(=O)CCC(=O)OCC(O)CO. The van der Waals surface area contributed by atoms with Gasteiger partial charge in [-0.1, -0.05) is 6.92 Å². The minimum Gasteiger partial charge on any atom is -0.463 e. The van der Waals surface area contributed by atoms with Crippen LogP contribution in [0.1, 0.15) is 26.2 Å². The number of aliphatic hydroxyl groups is 3. The number of carbonyl (C=O) groups is 2. The molecule has 0 spiro atoms. The molecule has 0 aromatic rings. The van der Waals surface area contributed by atoms with E-state index in [4.69, 9.17) is 20.1 Å². The molecular formula is C11H20O7. The van der Waals surface area contributed by atoms with Crippen molar-refractivity contribution in [2.24, 2.45) is 0 Å². The molecule has 7 heteroatoms. The highest BCUT2D eigenvalue weighted by Gasteiger charge is 2.12. The minimum absolute atomic E-state index is 0.0897. The highest BCUT2D eigenvalue weighted by molar-refractivity contribution is 5.77. The molecule has 0 aliphatic heterocycles. The Balaban J connectivity index is 3.62. The summed E-state index contributed by atoms with van der Waals surface area (Å²) >= 11 is 0. The first-order valence-corrected chi connectivity index (χ1v) is 5.77. The second kappa shape index (κ2) is 9.81. The van der Waals surface area contributed by atoms with E-state index in [1.54, 1.807) is 6.92 Å². The maximum Gasteiger partial charge on any atom is 0.306 e. The van der Waals surface area contributed by atoms with E-state index in [1.165, 1.54) is 0 Å². The number of rotatable bonds is 9. The molecule has 0 aliphatic carbocycles. The molecule has 0 saturated heterocycles. The number of aliphatic hydroxyl groups excluding tert-OH is 3. The van der Waals surface area contributed by atoms with Gasteiger partial charge in [-0.3, -0.25) is 9.59 Å². The van der Waals surface area contributed by atoms with Gasteiger partial charge in [0.1, 0.15) is 19.3 Å². The lowest BCUT2D eigenvalue weighted by molar-refractivity contribution is -0.153. The lowest BCUT2D eigenvalue weighted by atomic mass is 10.3. The molecular weight excluding hydrogens is 244 g/mol. The highest BCUT2D eigenvalue weighted by atomic mass is 16.5. The Labute approximate surface area is 105 Å². The number of hydrogen-bond acceptors (Lipinski definition) is 7. The van der Waals surface area contributed by atoms with Crippen LogP contribution in [0.4, 0.5) is 0 Å². The Kier molecular flexibility index (Phi) is 9.17. The van der Waals surface area contributed by atoms with Gasteiger partial charge in [-0.05, 0) is 6.42 Å². The summed E-state index contributed by atoms with van der Waals surface area (Å²) in [4.78, 5) is 22.2. The van der Waals surface area contributed by atoms with E-state index in [9.17, 15) is 9.59 Å². The van der Waals surface area contributed by atoms with Gasteiger partial charge in [-0.2, -0.15) is 0 Å². The van der Waals surface area contributed by atoms with Gasteiger partial charge in [0, 0.05) is 0 Å². The zero-order chi connectivity index (χ0) is 14.0. The summed E-state index contributed by atoms with van der Waals surface area (Å²) in [5, 5.41) is 26.5. The van der Waals surface area contributed by atoms with Crippen molar-refractivity contribution >= 4 is 11.9 Å². The number of hydrogen-bond donors (Lipinski definition) is 3. The molecule has 18 heavy (non-hydrogen) atoms. The summed E-state index contributed by atoms with van der Waals surface area (Å²) < 4.78 is 9.29. The summed E-state index contributed by atoms with van der Waals surface area (Å²) in [6, 6.07) is 0. The first-order chi connectivity index (χ1) is 8.49. The van der Waals surface area contributed by atoms with E-state index < -0.39 is 30.8 Å². The van der Waals surface area contributed by atoms with Crippen LogP contribution in [0.15, 0.2) is 0 Å². The monoisotopic (exact) mass is 264 g/mol. The van der Waals surface area contributed by atoms with Crippen molar-refractivity contribution in [2.45, 2.75) is 38.4 Å².